The number of ether oxygens (including phenoxy) is 1. The maximum absolute atomic E-state index is 12.5. The fraction of sp³-hybridized carbons (Fsp3) is 0.500. The van der Waals surface area contributed by atoms with Gasteiger partial charge < -0.3 is 9.84 Å². The highest BCUT2D eigenvalue weighted by molar-refractivity contribution is 7.91. The van der Waals surface area contributed by atoms with Crippen LogP contribution in [0.25, 0.3) is 0 Å². The highest BCUT2D eigenvalue weighted by atomic mass is 32.2. The summed E-state index contributed by atoms with van der Waals surface area (Å²) in [6.07, 6.45) is 0.405. The topological polar surface area (TPSA) is 101 Å². The van der Waals surface area contributed by atoms with E-state index in [2.05, 4.69) is 4.74 Å². The number of carboxylic acid groups (broad SMARTS) is 1. The Morgan fingerprint density at radius 2 is 2.14 bits per heavy atom. The Morgan fingerprint density at radius 3 is 2.67 bits per heavy atom. The van der Waals surface area contributed by atoms with E-state index in [4.69, 9.17) is 5.11 Å². The van der Waals surface area contributed by atoms with Crippen LogP contribution in [0.4, 0.5) is 0 Å². The zero-order valence-electron chi connectivity index (χ0n) is 11.5. The van der Waals surface area contributed by atoms with E-state index in [1.807, 2.05) is 0 Å². The van der Waals surface area contributed by atoms with Crippen molar-refractivity contribution < 1.29 is 27.9 Å². The van der Waals surface area contributed by atoms with E-state index in [0.717, 1.165) is 11.3 Å². The summed E-state index contributed by atoms with van der Waals surface area (Å²) in [5, 5.41) is 9.00. The molecule has 1 aromatic heterocycles. The van der Waals surface area contributed by atoms with Gasteiger partial charge in [0.05, 0.1) is 13.0 Å². The molecule has 2 rings (SSSR count). The van der Waals surface area contributed by atoms with Crippen LogP contribution in [-0.2, 0) is 19.6 Å². The van der Waals surface area contributed by atoms with E-state index < -0.39 is 27.9 Å². The zero-order valence-corrected chi connectivity index (χ0v) is 13.2. The first kappa shape index (κ1) is 15.9. The van der Waals surface area contributed by atoms with E-state index >= 15 is 0 Å². The van der Waals surface area contributed by atoms with E-state index in [9.17, 15) is 18.0 Å². The quantitative estimate of drug-likeness (QED) is 0.823. The Morgan fingerprint density at radius 1 is 1.48 bits per heavy atom. The van der Waals surface area contributed by atoms with Gasteiger partial charge in [-0.1, -0.05) is 0 Å². The molecule has 9 heteroatoms. The van der Waals surface area contributed by atoms with E-state index in [0.29, 0.717) is 12.0 Å². The molecule has 0 saturated carbocycles. The van der Waals surface area contributed by atoms with Crippen molar-refractivity contribution in [2.75, 3.05) is 20.2 Å². The van der Waals surface area contributed by atoms with Gasteiger partial charge in [-0.25, -0.2) is 13.2 Å². The number of sulfonamides is 1. The van der Waals surface area contributed by atoms with Gasteiger partial charge in [0.25, 0.3) is 10.0 Å². The van der Waals surface area contributed by atoms with Gasteiger partial charge in [0.1, 0.15) is 9.09 Å². The van der Waals surface area contributed by atoms with Crippen molar-refractivity contribution in [1.82, 2.24) is 4.31 Å². The largest absolute Gasteiger partial charge is 0.477 e. The number of aromatic carboxylic acids is 1. The fourth-order valence-corrected chi connectivity index (χ4v) is 5.26. The molecule has 21 heavy (non-hydrogen) atoms. The van der Waals surface area contributed by atoms with Gasteiger partial charge in [-0.2, -0.15) is 4.31 Å². The van der Waals surface area contributed by atoms with Crippen LogP contribution in [-0.4, -0.2) is 50.0 Å². The van der Waals surface area contributed by atoms with Crippen molar-refractivity contribution in [2.24, 2.45) is 5.92 Å². The Labute approximate surface area is 126 Å². The Kier molecular flexibility index (Phi) is 4.35. The van der Waals surface area contributed by atoms with Gasteiger partial charge in [-0.3, -0.25) is 4.79 Å². The van der Waals surface area contributed by atoms with Crippen molar-refractivity contribution in [3.8, 4) is 0 Å². The number of nitrogens with zero attached hydrogens (tertiary/aromatic N) is 1. The molecule has 1 N–H and O–H groups in total. The molecular weight excluding hydrogens is 318 g/mol. The van der Waals surface area contributed by atoms with Crippen LogP contribution in [0.1, 0.15) is 21.7 Å². The molecule has 7 nitrogen and oxygen atoms in total. The van der Waals surface area contributed by atoms with E-state index in [-0.39, 0.29) is 22.2 Å². The molecule has 1 unspecified atom stereocenters. The Hall–Kier alpha value is -1.45. The van der Waals surface area contributed by atoms with Crippen molar-refractivity contribution in [3.63, 3.8) is 0 Å². The molecular formula is C12H15NO6S2. The number of esters is 1. The Bertz CT molecular complexity index is 678. The number of hydrogen-bond donors (Lipinski definition) is 1. The smallest absolute Gasteiger partial charge is 0.346 e. The molecule has 116 valence electrons. The van der Waals surface area contributed by atoms with Gasteiger partial charge in [-0.15, -0.1) is 11.3 Å². The molecule has 1 aromatic rings. The molecule has 1 fully saturated rings. The standard InChI is InChI=1S/C12H15NO6S2/c1-7-5-9(20-10(7)11(14)15)21(17,18)13-4-3-8(6-13)12(16)19-2/h5,8H,3-4,6H2,1-2H3,(H,14,15). The summed E-state index contributed by atoms with van der Waals surface area (Å²) >= 11 is 0.731. The molecule has 0 bridgehead atoms. The molecule has 1 atom stereocenters. The lowest BCUT2D eigenvalue weighted by molar-refractivity contribution is -0.144. The zero-order chi connectivity index (χ0) is 15.8. The van der Waals surface area contributed by atoms with Crippen LogP contribution in [0.3, 0.4) is 0 Å². The van der Waals surface area contributed by atoms with Crippen molar-refractivity contribution in [2.45, 2.75) is 17.6 Å². The summed E-state index contributed by atoms with van der Waals surface area (Å²) in [6, 6.07) is 1.36. The lowest BCUT2D eigenvalue weighted by Crippen LogP contribution is -2.29. The third-order valence-corrected chi connectivity index (χ3v) is 6.91. The lowest BCUT2D eigenvalue weighted by atomic mass is 10.1. The number of hydrogen-bond acceptors (Lipinski definition) is 6. The SMILES string of the molecule is COC(=O)C1CCN(S(=O)(=O)c2cc(C)c(C(=O)O)s2)C1. The molecule has 0 aromatic carbocycles. The van der Waals surface area contributed by atoms with Crippen molar-refractivity contribution in [1.29, 1.82) is 0 Å². The summed E-state index contributed by atoms with van der Waals surface area (Å²) < 4.78 is 30.7. The molecule has 0 spiro atoms. The van der Waals surface area contributed by atoms with Crippen LogP contribution in [0.15, 0.2) is 10.3 Å². The molecule has 1 aliphatic heterocycles. The molecule has 1 saturated heterocycles. The third kappa shape index (κ3) is 2.94. The van der Waals surface area contributed by atoms with Crippen LogP contribution in [0.2, 0.25) is 0 Å². The number of rotatable bonds is 4. The van der Waals surface area contributed by atoms with Gasteiger partial charge in [0.15, 0.2) is 0 Å². The molecule has 2 heterocycles. The van der Waals surface area contributed by atoms with E-state index in [1.165, 1.54) is 17.5 Å². The minimum absolute atomic E-state index is 0.0112. The Balaban J connectivity index is 2.25. The second-order valence-electron chi connectivity index (χ2n) is 4.75. The van der Waals surface area contributed by atoms with E-state index in [1.54, 1.807) is 6.92 Å². The van der Waals surface area contributed by atoms with Gasteiger partial charge >= 0.3 is 11.9 Å². The summed E-state index contributed by atoms with van der Waals surface area (Å²) in [5.74, 6) is -2.04. The van der Waals surface area contributed by atoms with Crippen LogP contribution < -0.4 is 0 Å². The monoisotopic (exact) mass is 333 g/mol. The molecule has 0 aliphatic carbocycles. The number of carboxylic acids is 1. The number of carbonyl (C=O) groups excluding carboxylic acids is 1. The van der Waals surface area contributed by atoms with Crippen molar-refractivity contribution >= 4 is 33.3 Å². The first-order valence-corrected chi connectivity index (χ1v) is 8.44. The normalized spacial score (nSPS) is 19.6. The van der Waals surface area contributed by atoms with Crippen LogP contribution in [0, 0.1) is 12.8 Å². The lowest BCUT2D eigenvalue weighted by Gasteiger charge is -2.14. The predicted octanol–water partition coefficient (Wildman–Crippen LogP) is 0.938. The molecule has 0 radical (unpaired) electrons. The average Bonchev–Trinajstić information content (AvgIpc) is 3.04. The third-order valence-electron chi connectivity index (χ3n) is 3.37. The second-order valence-corrected chi connectivity index (χ2v) is 7.97. The number of carbonyl (C=O) groups is 2. The number of aryl methyl sites for hydroxylation is 1. The first-order valence-electron chi connectivity index (χ1n) is 6.19. The molecule has 1 aliphatic rings. The maximum Gasteiger partial charge on any atom is 0.346 e. The number of thiophene rings is 1. The minimum Gasteiger partial charge on any atom is -0.477 e. The minimum atomic E-state index is -3.77. The summed E-state index contributed by atoms with van der Waals surface area (Å²) in [6.45, 7) is 1.84. The first-order chi connectivity index (χ1) is 9.77. The highest BCUT2D eigenvalue weighted by Gasteiger charge is 2.37. The van der Waals surface area contributed by atoms with Crippen molar-refractivity contribution in [3.05, 3.63) is 16.5 Å². The number of methoxy groups -OCH3 is 1. The van der Waals surface area contributed by atoms with Crippen LogP contribution >= 0.6 is 11.3 Å². The predicted molar refractivity (Wildman–Crippen MR) is 74.9 cm³/mol. The fourth-order valence-electron chi connectivity index (χ4n) is 2.23. The average molecular weight is 333 g/mol. The van der Waals surface area contributed by atoms with Crippen LogP contribution in [0.5, 0.6) is 0 Å². The maximum atomic E-state index is 12.5. The second kappa shape index (κ2) is 5.74. The summed E-state index contributed by atoms with van der Waals surface area (Å²) in [4.78, 5) is 22.5. The summed E-state index contributed by atoms with van der Waals surface area (Å²) in [5.41, 5.74) is 0.412. The van der Waals surface area contributed by atoms with Gasteiger partial charge in [0, 0.05) is 13.1 Å². The van der Waals surface area contributed by atoms with Gasteiger partial charge in [-0.05, 0) is 25.0 Å². The molecule has 0 amide bonds. The highest BCUT2D eigenvalue weighted by Crippen LogP contribution is 2.31. The summed E-state index contributed by atoms with van der Waals surface area (Å²) in [7, 11) is -2.50. The van der Waals surface area contributed by atoms with Gasteiger partial charge in [0.2, 0.25) is 0 Å².